The van der Waals surface area contributed by atoms with Crippen molar-refractivity contribution in [2.45, 2.75) is 33.6 Å². The average molecular weight is 223 g/mol. The fourth-order valence-corrected chi connectivity index (χ4v) is 1.55. The Balaban J connectivity index is 2.56. The van der Waals surface area contributed by atoms with E-state index in [0.717, 1.165) is 11.6 Å². The van der Waals surface area contributed by atoms with Gasteiger partial charge in [0.2, 0.25) is 5.88 Å². The van der Waals surface area contributed by atoms with Gasteiger partial charge in [0.25, 0.3) is 0 Å². The van der Waals surface area contributed by atoms with Crippen LogP contribution in [-0.2, 0) is 0 Å². The zero-order valence-corrected chi connectivity index (χ0v) is 10.6. The molecule has 0 amide bonds. The molecule has 1 rings (SSSR count). The molecule has 0 aliphatic heterocycles. The lowest BCUT2D eigenvalue weighted by Crippen LogP contribution is -2.10. The number of aryl methyl sites for hydroxylation is 1. The number of hydrogen-bond donors (Lipinski definition) is 1. The molecule has 0 spiro atoms. The molecule has 0 aliphatic carbocycles. The van der Waals surface area contributed by atoms with Crippen LogP contribution in [0.2, 0.25) is 0 Å². The number of hydrogen-bond acceptors (Lipinski definition) is 4. The van der Waals surface area contributed by atoms with Gasteiger partial charge in [-0.3, -0.25) is 0 Å². The average Bonchev–Trinajstić information content (AvgIpc) is 2.26. The van der Waals surface area contributed by atoms with E-state index in [4.69, 9.17) is 4.74 Å². The van der Waals surface area contributed by atoms with Crippen molar-refractivity contribution in [3.8, 4) is 5.88 Å². The minimum Gasteiger partial charge on any atom is -0.477 e. The SMILES string of the molecule is CCCC(C)COc1cc(NC)nc(C)n1. The summed E-state index contributed by atoms with van der Waals surface area (Å²) in [6.45, 7) is 6.96. The van der Waals surface area contributed by atoms with Gasteiger partial charge < -0.3 is 10.1 Å². The zero-order chi connectivity index (χ0) is 12.0. The molecule has 1 aromatic heterocycles. The van der Waals surface area contributed by atoms with Crippen LogP contribution in [0.25, 0.3) is 0 Å². The number of nitrogens with zero attached hydrogens (tertiary/aromatic N) is 2. The lowest BCUT2D eigenvalue weighted by Gasteiger charge is -2.12. The summed E-state index contributed by atoms with van der Waals surface area (Å²) in [7, 11) is 1.84. The van der Waals surface area contributed by atoms with Gasteiger partial charge >= 0.3 is 0 Å². The second kappa shape index (κ2) is 6.30. The lowest BCUT2D eigenvalue weighted by molar-refractivity contribution is 0.242. The van der Waals surface area contributed by atoms with Crippen LogP contribution in [0.4, 0.5) is 5.82 Å². The van der Waals surface area contributed by atoms with Crippen molar-refractivity contribution in [3.63, 3.8) is 0 Å². The van der Waals surface area contributed by atoms with Crippen molar-refractivity contribution in [2.24, 2.45) is 5.92 Å². The largest absolute Gasteiger partial charge is 0.477 e. The van der Waals surface area contributed by atoms with E-state index in [9.17, 15) is 0 Å². The molecule has 1 aromatic rings. The molecular weight excluding hydrogens is 202 g/mol. The van der Waals surface area contributed by atoms with Gasteiger partial charge in [-0.15, -0.1) is 0 Å². The molecule has 16 heavy (non-hydrogen) atoms. The number of anilines is 1. The van der Waals surface area contributed by atoms with Crippen LogP contribution in [-0.4, -0.2) is 23.6 Å². The van der Waals surface area contributed by atoms with Gasteiger partial charge in [-0.25, -0.2) is 4.98 Å². The van der Waals surface area contributed by atoms with Crippen molar-refractivity contribution in [1.29, 1.82) is 0 Å². The van der Waals surface area contributed by atoms with Crippen LogP contribution >= 0.6 is 0 Å². The highest BCUT2D eigenvalue weighted by Crippen LogP contribution is 2.14. The lowest BCUT2D eigenvalue weighted by atomic mass is 10.1. The molecule has 90 valence electrons. The van der Waals surface area contributed by atoms with Crippen molar-refractivity contribution in [1.82, 2.24) is 9.97 Å². The predicted octanol–water partition coefficient (Wildman–Crippen LogP) is 2.64. The zero-order valence-electron chi connectivity index (χ0n) is 10.6. The van der Waals surface area contributed by atoms with Gasteiger partial charge in [0.1, 0.15) is 11.6 Å². The third-order valence-electron chi connectivity index (χ3n) is 2.37. The molecule has 1 heterocycles. The van der Waals surface area contributed by atoms with Crippen molar-refractivity contribution in [2.75, 3.05) is 19.0 Å². The highest BCUT2D eigenvalue weighted by atomic mass is 16.5. The van der Waals surface area contributed by atoms with Gasteiger partial charge in [0, 0.05) is 13.1 Å². The molecule has 4 nitrogen and oxygen atoms in total. The summed E-state index contributed by atoms with van der Waals surface area (Å²) in [6.07, 6.45) is 2.37. The number of rotatable bonds is 6. The van der Waals surface area contributed by atoms with Crippen molar-refractivity contribution < 1.29 is 4.74 Å². The van der Waals surface area contributed by atoms with Crippen molar-refractivity contribution in [3.05, 3.63) is 11.9 Å². The van der Waals surface area contributed by atoms with Crippen LogP contribution < -0.4 is 10.1 Å². The maximum Gasteiger partial charge on any atom is 0.218 e. The first-order valence-electron chi connectivity index (χ1n) is 5.82. The Morgan fingerprint density at radius 1 is 1.44 bits per heavy atom. The monoisotopic (exact) mass is 223 g/mol. The van der Waals surface area contributed by atoms with Gasteiger partial charge in [-0.05, 0) is 19.3 Å². The first kappa shape index (κ1) is 12.7. The quantitative estimate of drug-likeness (QED) is 0.805. The Kier molecular flexibility index (Phi) is 5.02. The minimum absolute atomic E-state index is 0.568. The van der Waals surface area contributed by atoms with Gasteiger partial charge in [-0.2, -0.15) is 4.98 Å². The van der Waals surface area contributed by atoms with Gasteiger partial charge in [0.15, 0.2) is 0 Å². The Morgan fingerprint density at radius 2 is 2.19 bits per heavy atom. The summed E-state index contributed by atoms with van der Waals surface area (Å²) in [6, 6.07) is 1.83. The molecule has 4 heteroatoms. The molecule has 0 saturated carbocycles. The summed E-state index contributed by atoms with van der Waals surface area (Å²) < 4.78 is 5.65. The topological polar surface area (TPSA) is 47.0 Å². The minimum atomic E-state index is 0.568. The van der Waals surface area contributed by atoms with E-state index in [1.807, 2.05) is 20.0 Å². The molecule has 0 aromatic carbocycles. The highest BCUT2D eigenvalue weighted by molar-refractivity contribution is 5.37. The molecule has 1 unspecified atom stereocenters. The van der Waals surface area contributed by atoms with Gasteiger partial charge in [0.05, 0.1) is 6.61 Å². The summed E-state index contributed by atoms with van der Waals surface area (Å²) in [5, 5.41) is 2.99. The maximum atomic E-state index is 5.65. The third-order valence-corrected chi connectivity index (χ3v) is 2.37. The Morgan fingerprint density at radius 3 is 2.81 bits per heavy atom. The summed E-state index contributed by atoms with van der Waals surface area (Å²) in [4.78, 5) is 8.45. The second-order valence-electron chi connectivity index (χ2n) is 4.09. The first-order valence-corrected chi connectivity index (χ1v) is 5.82. The van der Waals surface area contributed by atoms with E-state index >= 15 is 0 Å². The van der Waals surface area contributed by atoms with Crippen LogP contribution in [0.15, 0.2) is 6.07 Å². The normalized spacial score (nSPS) is 12.2. The van der Waals surface area contributed by atoms with Crippen LogP contribution in [0.1, 0.15) is 32.5 Å². The van der Waals surface area contributed by atoms with Crippen LogP contribution in [0.5, 0.6) is 5.88 Å². The third kappa shape index (κ3) is 4.04. The number of aromatic nitrogens is 2. The van der Waals surface area contributed by atoms with E-state index in [0.29, 0.717) is 18.4 Å². The van der Waals surface area contributed by atoms with E-state index in [-0.39, 0.29) is 0 Å². The van der Waals surface area contributed by atoms with Crippen molar-refractivity contribution >= 4 is 5.82 Å². The van der Waals surface area contributed by atoms with Crippen LogP contribution in [0.3, 0.4) is 0 Å². The number of ether oxygens (including phenoxy) is 1. The number of nitrogens with one attached hydrogen (secondary N) is 1. The molecule has 0 aliphatic rings. The second-order valence-corrected chi connectivity index (χ2v) is 4.09. The molecule has 0 saturated heterocycles. The molecular formula is C12H21N3O. The Bertz CT molecular complexity index is 328. The summed E-state index contributed by atoms with van der Waals surface area (Å²) >= 11 is 0. The predicted molar refractivity (Wildman–Crippen MR) is 65.9 cm³/mol. The van der Waals surface area contributed by atoms with E-state index < -0.39 is 0 Å². The Labute approximate surface area is 97.5 Å². The Hall–Kier alpha value is -1.32. The molecule has 1 N–H and O–H groups in total. The first-order chi connectivity index (χ1) is 7.65. The maximum absolute atomic E-state index is 5.65. The standard InChI is InChI=1S/C12H21N3O/c1-5-6-9(2)8-16-12-7-11(13-4)14-10(3)15-12/h7,9H,5-6,8H2,1-4H3,(H,13,14,15). The van der Waals surface area contributed by atoms with Gasteiger partial charge in [-0.1, -0.05) is 20.3 Å². The van der Waals surface area contributed by atoms with Crippen LogP contribution in [0, 0.1) is 12.8 Å². The molecule has 0 fully saturated rings. The molecule has 0 radical (unpaired) electrons. The summed E-state index contributed by atoms with van der Waals surface area (Å²) in [5.41, 5.74) is 0. The smallest absolute Gasteiger partial charge is 0.218 e. The van der Waals surface area contributed by atoms with E-state index in [2.05, 4.69) is 29.1 Å². The molecule has 0 bridgehead atoms. The fourth-order valence-electron chi connectivity index (χ4n) is 1.55. The van der Waals surface area contributed by atoms with E-state index in [1.165, 1.54) is 12.8 Å². The fraction of sp³-hybridized carbons (Fsp3) is 0.667. The summed E-state index contributed by atoms with van der Waals surface area (Å²) in [5.74, 6) is 2.74. The highest BCUT2D eigenvalue weighted by Gasteiger charge is 2.05. The van der Waals surface area contributed by atoms with E-state index in [1.54, 1.807) is 0 Å². The molecule has 1 atom stereocenters.